The fraction of sp³-hybridized carbons (Fsp3) is 0.0149. The third-order valence-corrected chi connectivity index (χ3v) is 14.2. The molecule has 11 aromatic carbocycles. The molecule has 1 heterocycles. The van der Waals surface area contributed by atoms with Crippen LogP contribution in [0.5, 0.6) is 0 Å². The molecule has 2 nitrogen and oxygen atoms in total. The van der Waals surface area contributed by atoms with E-state index in [9.17, 15) is 0 Å². The molecule has 0 atom stereocenters. The summed E-state index contributed by atoms with van der Waals surface area (Å²) < 4.78 is 2.41. The van der Waals surface area contributed by atoms with Gasteiger partial charge in [0.05, 0.1) is 16.4 Å². The van der Waals surface area contributed by atoms with E-state index in [1.165, 1.54) is 77.4 Å². The van der Waals surface area contributed by atoms with Crippen LogP contribution in [0.15, 0.2) is 279 Å². The first kappa shape index (κ1) is 40.3. The molecule has 13 rings (SSSR count). The molecule has 0 N–H and O–H groups in total. The Bertz CT molecular complexity index is 3780. The monoisotopic (exact) mass is 878 g/mol. The summed E-state index contributed by atoms with van der Waals surface area (Å²) in [4.78, 5) is 2.41. The van der Waals surface area contributed by atoms with Gasteiger partial charge in [-0.1, -0.05) is 206 Å². The van der Waals surface area contributed by atoms with Crippen LogP contribution < -0.4 is 4.90 Å². The summed E-state index contributed by atoms with van der Waals surface area (Å²) in [5, 5.41) is 2.48. The first-order valence-corrected chi connectivity index (χ1v) is 23.8. The van der Waals surface area contributed by atoms with Crippen molar-refractivity contribution in [3.63, 3.8) is 0 Å². The largest absolute Gasteiger partial charge is 0.310 e. The van der Waals surface area contributed by atoms with E-state index in [1.807, 2.05) is 0 Å². The summed E-state index contributed by atoms with van der Waals surface area (Å²) in [7, 11) is 0. The lowest BCUT2D eigenvalue weighted by atomic mass is 9.67. The van der Waals surface area contributed by atoms with Crippen LogP contribution in [0, 0.1) is 0 Å². The number of aromatic nitrogens is 1. The highest BCUT2D eigenvalue weighted by Crippen LogP contribution is 2.57. The van der Waals surface area contributed by atoms with Crippen molar-refractivity contribution < 1.29 is 0 Å². The predicted octanol–water partition coefficient (Wildman–Crippen LogP) is 17.6. The normalized spacial score (nSPS) is 12.5. The summed E-state index contributed by atoms with van der Waals surface area (Å²) in [5.41, 5.74) is 21.1. The van der Waals surface area contributed by atoms with Gasteiger partial charge in [-0.15, -0.1) is 0 Å². The molecule has 0 unspecified atom stereocenters. The number of nitrogens with zero attached hydrogens (tertiary/aromatic N) is 2. The number of benzene rings is 11. The van der Waals surface area contributed by atoms with Gasteiger partial charge in [-0.2, -0.15) is 0 Å². The lowest BCUT2D eigenvalue weighted by Crippen LogP contribution is -2.28. The van der Waals surface area contributed by atoms with Crippen LogP contribution in [-0.2, 0) is 5.41 Å². The van der Waals surface area contributed by atoms with Gasteiger partial charge >= 0.3 is 0 Å². The molecule has 69 heavy (non-hydrogen) atoms. The van der Waals surface area contributed by atoms with Crippen molar-refractivity contribution >= 4 is 38.9 Å². The van der Waals surface area contributed by atoms with Gasteiger partial charge in [0.15, 0.2) is 0 Å². The standard InChI is InChI=1S/C67H46N2/c1-6-20-47(21-7-1)51-37-41-65-62(44-51)61-39-36-52(45-66(61)69(65)56-31-14-5-15-32-56)49-23-18-22-48(42-49)50-24-19-33-57(43-50)68(55-29-12-4-13-30-55)58-38-40-60-59-34-16-17-35-63(59)67(64(60)46-58,53-25-8-2-9-26-53)54-27-10-3-11-28-54/h1-46H. The van der Waals surface area contributed by atoms with E-state index in [4.69, 9.17) is 0 Å². The third kappa shape index (κ3) is 6.72. The minimum absolute atomic E-state index is 0.501. The maximum absolute atomic E-state index is 2.45. The minimum Gasteiger partial charge on any atom is -0.310 e. The molecule has 1 aromatic heterocycles. The van der Waals surface area contributed by atoms with E-state index >= 15 is 0 Å². The SMILES string of the molecule is c1ccc(-c2ccc3c(c2)c2ccc(-c4cccc(-c5cccc(N(c6ccccc6)c6ccc7c(c6)C(c6ccccc6)(c6ccccc6)c6ccccc6-7)c5)c4)cc2n3-c2ccccc2)cc1. The van der Waals surface area contributed by atoms with E-state index < -0.39 is 5.41 Å². The number of rotatable bonds is 9. The average molecular weight is 879 g/mol. The van der Waals surface area contributed by atoms with Gasteiger partial charge in [-0.3, -0.25) is 0 Å². The lowest BCUT2D eigenvalue weighted by Gasteiger charge is -2.35. The maximum Gasteiger partial charge on any atom is 0.0714 e. The van der Waals surface area contributed by atoms with Crippen molar-refractivity contribution in [3.8, 4) is 50.2 Å². The number of hydrogen-bond acceptors (Lipinski definition) is 1. The molecule has 0 radical (unpaired) electrons. The highest BCUT2D eigenvalue weighted by Gasteiger charge is 2.46. The Kier molecular flexibility index (Phi) is 9.77. The Hall–Kier alpha value is -8.98. The Morgan fingerprint density at radius 1 is 0.275 bits per heavy atom. The van der Waals surface area contributed by atoms with Gasteiger partial charge in [0, 0.05) is 33.5 Å². The minimum atomic E-state index is -0.501. The summed E-state index contributed by atoms with van der Waals surface area (Å²) in [5.74, 6) is 0. The fourth-order valence-corrected chi connectivity index (χ4v) is 11.2. The summed E-state index contributed by atoms with van der Waals surface area (Å²) in [6.07, 6.45) is 0. The van der Waals surface area contributed by atoms with Crippen molar-refractivity contribution in [2.75, 3.05) is 4.90 Å². The maximum atomic E-state index is 2.45. The van der Waals surface area contributed by atoms with E-state index in [-0.39, 0.29) is 0 Å². The second kappa shape index (κ2) is 16.7. The number of fused-ring (bicyclic) bond motifs is 6. The smallest absolute Gasteiger partial charge is 0.0714 e. The Morgan fingerprint density at radius 3 is 1.49 bits per heavy atom. The molecule has 0 aliphatic heterocycles. The molecule has 0 bridgehead atoms. The average Bonchev–Trinajstić information content (AvgIpc) is 3.92. The second-order valence-corrected chi connectivity index (χ2v) is 18.1. The van der Waals surface area contributed by atoms with Crippen LogP contribution in [0.3, 0.4) is 0 Å². The Labute approximate surface area is 403 Å². The van der Waals surface area contributed by atoms with Crippen molar-refractivity contribution in [1.82, 2.24) is 4.57 Å². The molecule has 0 saturated carbocycles. The second-order valence-electron chi connectivity index (χ2n) is 18.1. The Balaban J connectivity index is 0.928. The molecule has 1 aliphatic carbocycles. The Morgan fingerprint density at radius 2 is 0.783 bits per heavy atom. The molecular weight excluding hydrogens is 833 g/mol. The van der Waals surface area contributed by atoms with Gasteiger partial charge in [-0.25, -0.2) is 0 Å². The quantitative estimate of drug-likeness (QED) is 0.140. The van der Waals surface area contributed by atoms with Gasteiger partial charge in [0.2, 0.25) is 0 Å². The molecule has 0 saturated heterocycles. The highest BCUT2D eigenvalue weighted by atomic mass is 15.1. The van der Waals surface area contributed by atoms with Crippen LogP contribution in [0.4, 0.5) is 17.1 Å². The third-order valence-electron chi connectivity index (χ3n) is 14.2. The van der Waals surface area contributed by atoms with Crippen molar-refractivity contribution in [3.05, 3.63) is 301 Å². The van der Waals surface area contributed by atoms with Gasteiger partial charge < -0.3 is 9.47 Å². The first-order chi connectivity index (χ1) is 34.2. The van der Waals surface area contributed by atoms with Crippen LogP contribution in [0.25, 0.3) is 72.0 Å². The molecule has 1 aliphatic rings. The fourth-order valence-electron chi connectivity index (χ4n) is 11.2. The zero-order chi connectivity index (χ0) is 45.7. The van der Waals surface area contributed by atoms with E-state index in [0.717, 1.165) is 33.9 Å². The molecular formula is C67H46N2. The number of para-hydroxylation sites is 2. The van der Waals surface area contributed by atoms with Gasteiger partial charge in [0.25, 0.3) is 0 Å². The van der Waals surface area contributed by atoms with Crippen LogP contribution >= 0.6 is 0 Å². The van der Waals surface area contributed by atoms with Crippen molar-refractivity contribution in [2.24, 2.45) is 0 Å². The molecule has 0 fully saturated rings. The van der Waals surface area contributed by atoms with Gasteiger partial charge in [-0.05, 0) is 140 Å². The molecule has 324 valence electrons. The zero-order valence-corrected chi connectivity index (χ0v) is 38.0. The number of hydrogen-bond donors (Lipinski definition) is 0. The van der Waals surface area contributed by atoms with Crippen molar-refractivity contribution in [2.45, 2.75) is 5.41 Å². The molecule has 0 amide bonds. The lowest BCUT2D eigenvalue weighted by molar-refractivity contribution is 0.768. The van der Waals surface area contributed by atoms with Crippen LogP contribution in [-0.4, -0.2) is 4.57 Å². The first-order valence-electron chi connectivity index (χ1n) is 23.8. The zero-order valence-electron chi connectivity index (χ0n) is 38.0. The van der Waals surface area contributed by atoms with Crippen LogP contribution in [0.1, 0.15) is 22.3 Å². The highest BCUT2D eigenvalue weighted by molar-refractivity contribution is 6.11. The summed E-state index contributed by atoms with van der Waals surface area (Å²) in [6, 6.07) is 102. The van der Waals surface area contributed by atoms with E-state index in [1.54, 1.807) is 0 Å². The molecule has 12 aromatic rings. The number of anilines is 3. The van der Waals surface area contributed by atoms with E-state index in [2.05, 4.69) is 289 Å². The summed E-state index contributed by atoms with van der Waals surface area (Å²) in [6.45, 7) is 0. The predicted molar refractivity (Wildman–Crippen MR) is 289 cm³/mol. The molecule has 2 heteroatoms. The van der Waals surface area contributed by atoms with E-state index in [0.29, 0.717) is 0 Å². The molecule has 0 spiro atoms. The summed E-state index contributed by atoms with van der Waals surface area (Å²) >= 11 is 0. The van der Waals surface area contributed by atoms with Crippen molar-refractivity contribution in [1.29, 1.82) is 0 Å². The topological polar surface area (TPSA) is 8.17 Å². The van der Waals surface area contributed by atoms with Crippen LogP contribution in [0.2, 0.25) is 0 Å². The van der Waals surface area contributed by atoms with Gasteiger partial charge in [0.1, 0.15) is 0 Å².